The highest BCUT2D eigenvalue weighted by atomic mass is 79.9. The SMILES string of the molecule is CN(C1CCNC1)S(=O)(=O)c1c(Cl)cc(F)cc1Br. The van der Waals surface area contributed by atoms with Gasteiger partial charge in [0.15, 0.2) is 0 Å². The van der Waals surface area contributed by atoms with Gasteiger partial charge in [0.1, 0.15) is 10.7 Å². The zero-order valence-electron chi connectivity index (χ0n) is 10.2. The number of halogens is 3. The summed E-state index contributed by atoms with van der Waals surface area (Å²) in [7, 11) is -2.24. The molecule has 8 heteroatoms. The van der Waals surface area contributed by atoms with Crippen LogP contribution in [0.3, 0.4) is 0 Å². The molecule has 1 aromatic carbocycles. The minimum Gasteiger partial charge on any atom is -0.315 e. The summed E-state index contributed by atoms with van der Waals surface area (Å²) in [5, 5.41) is 2.98. The van der Waals surface area contributed by atoms with E-state index in [1.54, 1.807) is 0 Å². The van der Waals surface area contributed by atoms with Crippen LogP contribution in [0.2, 0.25) is 5.02 Å². The highest BCUT2D eigenvalue weighted by Crippen LogP contribution is 2.33. The quantitative estimate of drug-likeness (QED) is 0.886. The molecule has 1 fully saturated rings. The molecular formula is C11H13BrClFN2O2S. The summed E-state index contributed by atoms with van der Waals surface area (Å²) in [6.45, 7) is 1.38. The molecule has 0 saturated carbocycles. The summed E-state index contributed by atoms with van der Waals surface area (Å²) in [6, 6.07) is 1.98. The van der Waals surface area contributed by atoms with Crippen molar-refractivity contribution in [1.29, 1.82) is 0 Å². The van der Waals surface area contributed by atoms with Crippen LogP contribution in [0.4, 0.5) is 4.39 Å². The van der Waals surface area contributed by atoms with E-state index in [9.17, 15) is 12.8 Å². The minimum absolute atomic E-state index is 0.0926. The van der Waals surface area contributed by atoms with Crippen molar-refractivity contribution in [3.05, 3.63) is 27.4 Å². The smallest absolute Gasteiger partial charge is 0.245 e. The van der Waals surface area contributed by atoms with E-state index >= 15 is 0 Å². The third kappa shape index (κ3) is 2.95. The number of nitrogens with zero attached hydrogens (tertiary/aromatic N) is 1. The van der Waals surface area contributed by atoms with E-state index in [-0.39, 0.29) is 20.4 Å². The lowest BCUT2D eigenvalue weighted by molar-refractivity contribution is 0.387. The molecule has 1 N–H and O–H groups in total. The Kier molecular flexibility index (Phi) is 4.52. The van der Waals surface area contributed by atoms with Crippen LogP contribution in [0.1, 0.15) is 6.42 Å². The van der Waals surface area contributed by atoms with E-state index in [0.717, 1.165) is 25.1 Å². The predicted octanol–water partition coefficient (Wildman–Crippen LogP) is 2.22. The van der Waals surface area contributed by atoms with Crippen LogP contribution in [0.25, 0.3) is 0 Å². The number of nitrogens with one attached hydrogen (secondary N) is 1. The zero-order valence-corrected chi connectivity index (χ0v) is 13.3. The first kappa shape index (κ1) is 15.2. The monoisotopic (exact) mass is 370 g/mol. The highest BCUT2D eigenvalue weighted by Gasteiger charge is 2.33. The van der Waals surface area contributed by atoms with Gasteiger partial charge >= 0.3 is 0 Å². The first-order valence-corrected chi connectivity index (χ1v) is 8.28. The van der Waals surface area contributed by atoms with Crippen LogP contribution in [-0.2, 0) is 10.0 Å². The predicted molar refractivity (Wildman–Crippen MR) is 75.3 cm³/mol. The fourth-order valence-corrected chi connectivity index (χ4v) is 5.20. The second kappa shape index (κ2) is 5.65. The summed E-state index contributed by atoms with van der Waals surface area (Å²) in [4.78, 5) is -0.0926. The molecule has 19 heavy (non-hydrogen) atoms. The standard InChI is InChI=1S/C11H13BrClFN2O2S/c1-16(8-2-3-15-6-8)19(17,18)11-9(12)4-7(14)5-10(11)13/h4-5,8,15H,2-3,6H2,1H3. The molecule has 1 aromatic rings. The van der Waals surface area contributed by atoms with Crippen molar-refractivity contribution in [2.24, 2.45) is 0 Å². The van der Waals surface area contributed by atoms with Crippen LogP contribution in [0.15, 0.2) is 21.5 Å². The fraction of sp³-hybridized carbons (Fsp3) is 0.455. The molecule has 1 saturated heterocycles. The summed E-state index contributed by atoms with van der Waals surface area (Å²) >= 11 is 8.94. The molecule has 0 radical (unpaired) electrons. The van der Waals surface area contributed by atoms with Gasteiger partial charge in [-0.1, -0.05) is 11.6 Å². The molecule has 0 aliphatic carbocycles. The third-order valence-corrected chi connectivity index (χ3v) is 6.46. The number of rotatable bonds is 3. The van der Waals surface area contributed by atoms with Crippen LogP contribution >= 0.6 is 27.5 Å². The van der Waals surface area contributed by atoms with Crippen molar-refractivity contribution in [3.8, 4) is 0 Å². The van der Waals surface area contributed by atoms with Crippen LogP contribution in [0, 0.1) is 5.82 Å². The first-order valence-electron chi connectivity index (χ1n) is 5.67. The Morgan fingerprint density at radius 3 is 2.74 bits per heavy atom. The lowest BCUT2D eigenvalue weighted by Crippen LogP contribution is -2.38. The Labute approximate surface area is 125 Å². The van der Waals surface area contributed by atoms with Gasteiger partial charge in [-0.2, -0.15) is 4.31 Å². The van der Waals surface area contributed by atoms with Gasteiger partial charge in [-0.3, -0.25) is 0 Å². The topological polar surface area (TPSA) is 49.4 Å². The molecule has 0 amide bonds. The van der Waals surface area contributed by atoms with Crippen molar-refractivity contribution < 1.29 is 12.8 Å². The van der Waals surface area contributed by atoms with Crippen LogP contribution in [-0.4, -0.2) is 38.9 Å². The lowest BCUT2D eigenvalue weighted by atomic mass is 10.3. The summed E-state index contributed by atoms with van der Waals surface area (Å²) in [5.74, 6) is -0.582. The lowest BCUT2D eigenvalue weighted by Gasteiger charge is -2.24. The van der Waals surface area contributed by atoms with E-state index in [2.05, 4.69) is 21.2 Å². The molecule has 106 valence electrons. The van der Waals surface area contributed by atoms with E-state index in [4.69, 9.17) is 11.6 Å². The zero-order chi connectivity index (χ0) is 14.2. The minimum atomic E-state index is -3.75. The summed E-state index contributed by atoms with van der Waals surface area (Å²) in [5.41, 5.74) is 0. The number of hydrogen-bond acceptors (Lipinski definition) is 3. The largest absolute Gasteiger partial charge is 0.315 e. The maximum Gasteiger partial charge on any atom is 0.245 e. The molecule has 0 aromatic heterocycles. The van der Waals surface area contributed by atoms with Crippen molar-refractivity contribution in [3.63, 3.8) is 0 Å². The van der Waals surface area contributed by atoms with Gasteiger partial charge in [0.25, 0.3) is 0 Å². The molecule has 1 atom stereocenters. The Bertz CT molecular complexity index is 567. The Hall–Kier alpha value is -0.210. The third-order valence-electron chi connectivity index (χ3n) is 3.15. The average molecular weight is 372 g/mol. The van der Waals surface area contributed by atoms with Gasteiger partial charge in [0, 0.05) is 24.1 Å². The van der Waals surface area contributed by atoms with E-state index < -0.39 is 15.8 Å². The molecule has 1 heterocycles. The van der Waals surface area contributed by atoms with Gasteiger partial charge in [0.05, 0.1) is 5.02 Å². The summed E-state index contributed by atoms with van der Waals surface area (Å²) in [6.07, 6.45) is 0.742. The number of benzene rings is 1. The van der Waals surface area contributed by atoms with Gasteiger partial charge in [-0.15, -0.1) is 0 Å². The van der Waals surface area contributed by atoms with Crippen molar-refractivity contribution >= 4 is 37.6 Å². The van der Waals surface area contributed by atoms with Crippen molar-refractivity contribution in [2.75, 3.05) is 20.1 Å². The highest BCUT2D eigenvalue weighted by molar-refractivity contribution is 9.10. The molecule has 2 rings (SSSR count). The molecule has 0 bridgehead atoms. The molecular weight excluding hydrogens is 359 g/mol. The number of likely N-dealkylation sites (N-methyl/N-ethyl adjacent to an activating group) is 1. The maximum atomic E-state index is 13.2. The van der Waals surface area contributed by atoms with E-state index in [0.29, 0.717) is 6.54 Å². The van der Waals surface area contributed by atoms with Gasteiger partial charge in [0.2, 0.25) is 10.0 Å². The molecule has 1 unspecified atom stereocenters. The Balaban J connectivity index is 2.44. The van der Waals surface area contributed by atoms with E-state index in [1.165, 1.54) is 11.4 Å². The fourth-order valence-electron chi connectivity index (χ4n) is 2.07. The number of sulfonamides is 1. The Morgan fingerprint density at radius 1 is 1.53 bits per heavy atom. The van der Waals surface area contributed by atoms with Crippen molar-refractivity contribution in [2.45, 2.75) is 17.4 Å². The molecule has 1 aliphatic rings. The first-order chi connectivity index (χ1) is 8.84. The maximum absolute atomic E-state index is 13.2. The van der Waals surface area contributed by atoms with Gasteiger partial charge in [-0.25, -0.2) is 12.8 Å². The average Bonchev–Trinajstić information content (AvgIpc) is 2.78. The van der Waals surface area contributed by atoms with Gasteiger partial charge < -0.3 is 5.32 Å². The molecule has 1 aliphatic heterocycles. The van der Waals surface area contributed by atoms with Crippen LogP contribution in [0.5, 0.6) is 0 Å². The van der Waals surface area contributed by atoms with Gasteiger partial charge in [-0.05, 0) is 41.0 Å². The molecule has 4 nitrogen and oxygen atoms in total. The van der Waals surface area contributed by atoms with Crippen molar-refractivity contribution in [1.82, 2.24) is 9.62 Å². The van der Waals surface area contributed by atoms with E-state index in [1.807, 2.05) is 0 Å². The van der Waals surface area contributed by atoms with Crippen LogP contribution < -0.4 is 5.32 Å². The Morgan fingerprint density at radius 2 is 2.21 bits per heavy atom. The normalized spacial score (nSPS) is 20.2. The summed E-state index contributed by atoms with van der Waals surface area (Å²) < 4.78 is 39.7. The number of hydrogen-bond donors (Lipinski definition) is 1. The second-order valence-electron chi connectivity index (χ2n) is 4.37. The molecule has 0 spiro atoms. The second-order valence-corrected chi connectivity index (χ2v) is 7.56.